The summed E-state index contributed by atoms with van der Waals surface area (Å²) in [5, 5.41) is 2.82. The van der Waals surface area contributed by atoms with E-state index in [4.69, 9.17) is 5.73 Å². The van der Waals surface area contributed by atoms with Crippen molar-refractivity contribution in [2.24, 2.45) is 0 Å². The summed E-state index contributed by atoms with van der Waals surface area (Å²) < 4.78 is 40.1. The van der Waals surface area contributed by atoms with Gasteiger partial charge in [0.25, 0.3) is 5.91 Å². The molecule has 1 aromatic heterocycles. The topological polar surface area (TPSA) is 77.2 Å². The van der Waals surface area contributed by atoms with Crippen molar-refractivity contribution in [1.82, 2.24) is 10.3 Å². The van der Waals surface area contributed by atoms with Crippen molar-refractivity contribution in [3.63, 3.8) is 0 Å². The van der Waals surface area contributed by atoms with Gasteiger partial charge < -0.3 is 15.8 Å². The molecule has 0 bridgehead atoms. The van der Waals surface area contributed by atoms with Gasteiger partial charge in [-0.15, -0.1) is 13.2 Å². The van der Waals surface area contributed by atoms with E-state index < -0.39 is 12.3 Å². The van der Waals surface area contributed by atoms with E-state index in [1.807, 2.05) is 0 Å². The van der Waals surface area contributed by atoms with Crippen LogP contribution < -0.4 is 15.8 Å². The fourth-order valence-electron chi connectivity index (χ4n) is 1.51. The number of carbonyl (C=O) groups excluding carboxylic acids is 1. The van der Waals surface area contributed by atoms with Crippen LogP contribution in [0.15, 0.2) is 30.5 Å². The van der Waals surface area contributed by atoms with Gasteiger partial charge in [0.15, 0.2) is 5.13 Å². The Morgan fingerprint density at radius 2 is 2.19 bits per heavy atom. The Morgan fingerprint density at radius 1 is 1.43 bits per heavy atom. The number of hydrogen-bond acceptors (Lipinski definition) is 5. The zero-order valence-corrected chi connectivity index (χ0v) is 11.3. The van der Waals surface area contributed by atoms with Gasteiger partial charge in [-0.25, -0.2) is 4.98 Å². The first-order valence-corrected chi connectivity index (χ1v) is 6.49. The predicted molar refractivity (Wildman–Crippen MR) is 70.8 cm³/mol. The third kappa shape index (κ3) is 4.63. The molecule has 0 spiro atoms. The van der Waals surface area contributed by atoms with Crippen LogP contribution in [0.2, 0.25) is 0 Å². The summed E-state index contributed by atoms with van der Waals surface area (Å²) in [5.74, 6) is -0.734. The fourth-order valence-corrected chi connectivity index (χ4v) is 2.12. The van der Waals surface area contributed by atoms with Gasteiger partial charge in [-0.2, -0.15) is 0 Å². The second kappa shape index (κ2) is 6.00. The number of anilines is 1. The summed E-state index contributed by atoms with van der Waals surface area (Å²) in [6.45, 7) is 0.0612. The van der Waals surface area contributed by atoms with Crippen LogP contribution in [0.4, 0.5) is 18.3 Å². The molecule has 2 rings (SSSR count). The highest BCUT2D eigenvalue weighted by Crippen LogP contribution is 2.23. The summed E-state index contributed by atoms with van der Waals surface area (Å²) in [4.78, 5) is 15.8. The number of hydrogen-bond donors (Lipinski definition) is 2. The molecule has 0 aliphatic heterocycles. The van der Waals surface area contributed by atoms with Gasteiger partial charge in [0.1, 0.15) is 10.6 Å². The Morgan fingerprint density at radius 3 is 2.81 bits per heavy atom. The van der Waals surface area contributed by atoms with Gasteiger partial charge in [-0.05, 0) is 17.7 Å². The summed E-state index contributed by atoms with van der Waals surface area (Å²) in [7, 11) is 0. The molecule has 0 saturated carbocycles. The molecule has 1 aromatic carbocycles. The Kier molecular flexibility index (Phi) is 4.32. The van der Waals surface area contributed by atoms with E-state index in [1.54, 1.807) is 6.07 Å². The lowest BCUT2D eigenvalue weighted by molar-refractivity contribution is -0.274. The number of ether oxygens (including phenoxy) is 1. The smallest absolute Gasteiger partial charge is 0.406 e. The molecule has 0 saturated heterocycles. The molecule has 0 aliphatic rings. The zero-order chi connectivity index (χ0) is 15.5. The maximum atomic E-state index is 12.1. The molecule has 21 heavy (non-hydrogen) atoms. The SMILES string of the molecule is Nc1ncc(C(=O)NCc2cccc(OC(F)(F)F)c2)s1. The van der Waals surface area contributed by atoms with E-state index in [1.165, 1.54) is 24.4 Å². The Balaban J connectivity index is 1.97. The second-order valence-electron chi connectivity index (χ2n) is 3.94. The third-order valence-corrected chi connectivity index (χ3v) is 3.16. The lowest BCUT2D eigenvalue weighted by Gasteiger charge is -2.10. The minimum absolute atomic E-state index is 0.0612. The molecular weight excluding hydrogens is 307 g/mol. The summed E-state index contributed by atoms with van der Waals surface area (Å²) >= 11 is 1.02. The first-order chi connectivity index (χ1) is 9.83. The molecule has 9 heteroatoms. The Hall–Kier alpha value is -2.29. The van der Waals surface area contributed by atoms with Gasteiger partial charge in [-0.1, -0.05) is 23.5 Å². The van der Waals surface area contributed by atoms with E-state index in [0.29, 0.717) is 10.4 Å². The van der Waals surface area contributed by atoms with E-state index in [9.17, 15) is 18.0 Å². The Bertz CT molecular complexity index is 643. The number of thiazole rings is 1. The Labute approximate surface area is 121 Å². The van der Waals surface area contributed by atoms with Gasteiger partial charge >= 0.3 is 6.36 Å². The molecule has 1 heterocycles. The van der Waals surface area contributed by atoms with Crippen LogP contribution in [0.3, 0.4) is 0 Å². The first-order valence-electron chi connectivity index (χ1n) is 5.68. The number of alkyl halides is 3. The summed E-state index contributed by atoms with van der Waals surface area (Å²) in [5.41, 5.74) is 5.88. The summed E-state index contributed by atoms with van der Waals surface area (Å²) in [6.07, 6.45) is -3.42. The van der Waals surface area contributed by atoms with Gasteiger partial charge in [0.2, 0.25) is 0 Å². The van der Waals surface area contributed by atoms with Crippen molar-refractivity contribution in [3.05, 3.63) is 40.9 Å². The van der Waals surface area contributed by atoms with Crippen LogP contribution in [-0.2, 0) is 6.54 Å². The molecule has 0 unspecified atom stereocenters. The number of amides is 1. The minimum atomic E-state index is -4.75. The van der Waals surface area contributed by atoms with E-state index in [-0.39, 0.29) is 17.4 Å². The number of nitrogens with two attached hydrogens (primary N) is 1. The van der Waals surface area contributed by atoms with E-state index >= 15 is 0 Å². The highest BCUT2D eigenvalue weighted by molar-refractivity contribution is 7.17. The van der Waals surface area contributed by atoms with Gasteiger partial charge in [-0.3, -0.25) is 4.79 Å². The number of nitrogens with one attached hydrogen (secondary N) is 1. The van der Waals surface area contributed by atoms with Crippen molar-refractivity contribution in [2.75, 3.05) is 5.73 Å². The molecule has 0 fully saturated rings. The van der Waals surface area contributed by atoms with Gasteiger partial charge in [0.05, 0.1) is 6.20 Å². The molecule has 1 amide bonds. The maximum Gasteiger partial charge on any atom is 0.573 e. The average Bonchev–Trinajstić information content (AvgIpc) is 2.81. The van der Waals surface area contributed by atoms with Crippen LogP contribution in [0.1, 0.15) is 15.2 Å². The fraction of sp³-hybridized carbons (Fsp3) is 0.167. The zero-order valence-electron chi connectivity index (χ0n) is 10.5. The number of nitrogen functional groups attached to an aromatic ring is 1. The van der Waals surface area contributed by atoms with Crippen LogP contribution in [0, 0.1) is 0 Å². The molecule has 112 valence electrons. The third-order valence-electron chi connectivity index (χ3n) is 2.33. The highest BCUT2D eigenvalue weighted by Gasteiger charge is 2.31. The van der Waals surface area contributed by atoms with Gasteiger partial charge in [0, 0.05) is 6.54 Å². The van der Waals surface area contributed by atoms with Crippen molar-refractivity contribution in [1.29, 1.82) is 0 Å². The largest absolute Gasteiger partial charge is 0.573 e. The average molecular weight is 317 g/mol. The first kappa shape index (κ1) is 15.1. The highest BCUT2D eigenvalue weighted by atomic mass is 32.1. The van der Waals surface area contributed by atoms with Crippen LogP contribution >= 0.6 is 11.3 Å². The molecular formula is C12H10F3N3O2S. The monoisotopic (exact) mass is 317 g/mol. The van der Waals surface area contributed by atoms with Crippen LogP contribution in [0.5, 0.6) is 5.75 Å². The molecule has 0 aliphatic carbocycles. The standard InChI is InChI=1S/C12H10F3N3O2S/c13-12(14,15)20-8-3-1-2-7(4-8)5-17-10(19)9-6-18-11(16)21-9/h1-4,6H,5H2,(H2,16,18)(H,17,19). The molecule has 2 aromatic rings. The number of rotatable bonds is 4. The molecule has 0 radical (unpaired) electrons. The van der Waals surface area contributed by atoms with Crippen molar-refractivity contribution < 1.29 is 22.7 Å². The number of aromatic nitrogens is 1. The normalized spacial score (nSPS) is 11.2. The summed E-state index contributed by atoms with van der Waals surface area (Å²) in [6, 6.07) is 5.37. The predicted octanol–water partition coefficient (Wildman–Crippen LogP) is 2.55. The van der Waals surface area contributed by atoms with Crippen LogP contribution in [0.25, 0.3) is 0 Å². The molecule has 3 N–H and O–H groups in total. The van der Waals surface area contributed by atoms with E-state index in [0.717, 1.165) is 11.3 Å². The number of carbonyl (C=O) groups is 1. The maximum absolute atomic E-state index is 12.1. The molecule has 5 nitrogen and oxygen atoms in total. The molecule has 0 atom stereocenters. The van der Waals surface area contributed by atoms with Crippen molar-refractivity contribution in [2.45, 2.75) is 12.9 Å². The second-order valence-corrected chi connectivity index (χ2v) is 5.00. The van der Waals surface area contributed by atoms with E-state index in [2.05, 4.69) is 15.0 Å². The number of halogens is 3. The lowest BCUT2D eigenvalue weighted by atomic mass is 10.2. The van der Waals surface area contributed by atoms with Crippen molar-refractivity contribution >= 4 is 22.4 Å². The van der Waals surface area contributed by atoms with Crippen LogP contribution in [-0.4, -0.2) is 17.3 Å². The number of benzene rings is 1. The lowest BCUT2D eigenvalue weighted by Crippen LogP contribution is -2.22. The van der Waals surface area contributed by atoms with Crippen molar-refractivity contribution in [3.8, 4) is 5.75 Å². The quantitative estimate of drug-likeness (QED) is 0.908. The number of nitrogens with zero attached hydrogens (tertiary/aromatic N) is 1. The minimum Gasteiger partial charge on any atom is -0.406 e.